The molecule has 0 aromatic carbocycles. The number of nitrogens with zero attached hydrogens (tertiary/aromatic N) is 4. The number of hydrogen-bond acceptors (Lipinski definition) is 4. The van der Waals surface area contributed by atoms with Gasteiger partial charge in [-0.25, -0.2) is 4.68 Å². The van der Waals surface area contributed by atoms with Crippen LogP contribution in [0.15, 0.2) is 29.5 Å². The fourth-order valence-electron chi connectivity index (χ4n) is 2.43. The SMILES string of the molecule is Cn1nc(-c2cccnc2)sc1=NC1CCCCC1. The van der Waals surface area contributed by atoms with Gasteiger partial charge in [0.1, 0.15) is 5.01 Å². The van der Waals surface area contributed by atoms with Crippen LogP contribution in [-0.4, -0.2) is 20.8 Å². The van der Waals surface area contributed by atoms with Gasteiger partial charge < -0.3 is 0 Å². The predicted octanol–water partition coefficient (Wildman–Crippen LogP) is 2.78. The maximum atomic E-state index is 4.86. The van der Waals surface area contributed by atoms with Gasteiger partial charge in [-0.15, -0.1) is 0 Å². The van der Waals surface area contributed by atoms with Crippen molar-refractivity contribution in [3.63, 3.8) is 0 Å². The fourth-order valence-corrected chi connectivity index (χ4v) is 3.38. The lowest BCUT2D eigenvalue weighted by molar-refractivity contribution is 0.434. The number of aromatic nitrogens is 3. The minimum atomic E-state index is 0.488. The van der Waals surface area contributed by atoms with Crippen molar-refractivity contribution in [2.75, 3.05) is 0 Å². The van der Waals surface area contributed by atoms with Gasteiger partial charge >= 0.3 is 0 Å². The summed E-state index contributed by atoms with van der Waals surface area (Å²) in [4.78, 5) is 10.0. The van der Waals surface area contributed by atoms with Crippen molar-refractivity contribution in [1.82, 2.24) is 14.8 Å². The van der Waals surface area contributed by atoms with Gasteiger partial charge in [-0.1, -0.05) is 30.6 Å². The first-order chi connectivity index (χ1) is 9.33. The highest BCUT2D eigenvalue weighted by Gasteiger charge is 2.13. The van der Waals surface area contributed by atoms with E-state index in [1.165, 1.54) is 32.1 Å². The van der Waals surface area contributed by atoms with Crippen LogP contribution in [-0.2, 0) is 7.05 Å². The van der Waals surface area contributed by atoms with Gasteiger partial charge in [0.15, 0.2) is 0 Å². The summed E-state index contributed by atoms with van der Waals surface area (Å²) >= 11 is 1.65. The monoisotopic (exact) mass is 274 g/mol. The number of pyridine rings is 1. The standard InChI is InChI=1S/C14H18N4S/c1-18-14(16-12-7-3-2-4-8-12)19-13(17-18)11-6-5-9-15-10-11/h5-6,9-10,12H,2-4,7-8H2,1H3. The van der Waals surface area contributed by atoms with Gasteiger partial charge in [-0.3, -0.25) is 9.98 Å². The van der Waals surface area contributed by atoms with Crippen LogP contribution in [0.2, 0.25) is 0 Å². The van der Waals surface area contributed by atoms with Crippen molar-refractivity contribution in [2.24, 2.45) is 12.0 Å². The minimum absolute atomic E-state index is 0.488. The Kier molecular flexibility index (Phi) is 3.73. The summed E-state index contributed by atoms with van der Waals surface area (Å²) in [5.41, 5.74) is 1.06. The molecule has 5 heteroatoms. The predicted molar refractivity (Wildman–Crippen MR) is 76.8 cm³/mol. The van der Waals surface area contributed by atoms with E-state index in [1.54, 1.807) is 17.5 Å². The molecule has 0 N–H and O–H groups in total. The van der Waals surface area contributed by atoms with E-state index in [0.29, 0.717) is 6.04 Å². The lowest BCUT2D eigenvalue weighted by Crippen LogP contribution is -2.18. The van der Waals surface area contributed by atoms with E-state index in [-0.39, 0.29) is 0 Å². The molecule has 0 saturated heterocycles. The van der Waals surface area contributed by atoms with E-state index < -0.39 is 0 Å². The first-order valence-electron chi connectivity index (χ1n) is 6.81. The molecule has 2 aromatic rings. The molecule has 1 fully saturated rings. The van der Waals surface area contributed by atoms with Crippen LogP contribution in [0.1, 0.15) is 32.1 Å². The van der Waals surface area contributed by atoms with Crippen molar-refractivity contribution in [3.05, 3.63) is 29.3 Å². The Hall–Kier alpha value is -1.49. The molecular weight excluding hydrogens is 256 g/mol. The first-order valence-corrected chi connectivity index (χ1v) is 7.63. The largest absolute Gasteiger partial charge is 0.264 e. The molecule has 1 aliphatic carbocycles. The van der Waals surface area contributed by atoms with Gasteiger partial charge in [0.25, 0.3) is 0 Å². The number of aryl methyl sites for hydroxylation is 1. The molecular formula is C14H18N4S. The molecule has 3 rings (SSSR count). The molecule has 0 unspecified atom stereocenters. The van der Waals surface area contributed by atoms with Crippen LogP contribution in [0, 0.1) is 0 Å². The molecule has 2 aromatic heterocycles. The molecule has 0 spiro atoms. The van der Waals surface area contributed by atoms with Crippen molar-refractivity contribution in [3.8, 4) is 10.6 Å². The summed E-state index contributed by atoms with van der Waals surface area (Å²) in [5.74, 6) is 0. The highest BCUT2D eigenvalue weighted by atomic mass is 32.1. The molecule has 0 radical (unpaired) electrons. The third-order valence-corrected chi connectivity index (χ3v) is 4.54. The fraction of sp³-hybridized carbons (Fsp3) is 0.500. The summed E-state index contributed by atoms with van der Waals surface area (Å²) in [5, 5.41) is 5.54. The van der Waals surface area contributed by atoms with E-state index in [2.05, 4.69) is 10.1 Å². The van der Waals surface area contributed by atoms with E-state index >= 15 is 0 Å². The Labute approximate surface area is 116 Å². The Morgan fingerprint density at radius 1 is 1.32 bits per heavy atom. The third-order valence-electron chi connectivity index (χ3n) is 3.48. The van der Waals surface area contributed by atoms with Crippen LogP contribution in [0.3, 0.4) is 0 Å². The normalized spacial score (nSPS) is 17.8. The lowest BCUT2D eigenvalue weighted by Gasteiger charge is -2.16. The van der Waals surface area contributed by atoms with Crippen LogP contribution in [0.5, 0.6) is 0 Å². The highest BCUT2D eigenvalue weighted by Crippen LogP contribution is 2.21. The molecule has 2 heterocycles. The second-order valence-corrected chi connectivity index (χ2v) is 5.93. The zero-order valence-corrected chi connectivity index (χ0v) is 11.9. The van der Waals surface area contributed by atoms with E-state index in [1.807, 2.05) is 30.1 Å². The van der Waals surface area contributed by atoms with Gasteiger partial charge in [0.05, 0.1) is 6.04 Å². The molecule has 0 bridgehead atoms. The maximum absolute atomic E-state index is 4.86. The lowest BCUT2D eigenvalue weighted by atomic mass is 9.96. The van der Waals surface area contributed by atoms with Crippen molar-refractivity contribution >= 4 is 11.3 Å². The first kappa shape index (κ1) is 12.5. The van der Waals surface area contributed by atoms with Crippen LogP contribution >= 0.6 is 11.3 Å². The molecule has 0 atom stereocenters. The van der Waals surface area contributed by atoms with Crippen LogP contribution in [0.4, 0.5) is 0 Å². The zero-order valence-electron chi connectivity index (χ0n) is 11.1. The van der Waals surface area contributed by atoms with Crippen LogP contribution < -0.4 is 4.80 Å². The van der Waals surface area contributed by atoms with E-state index in [0.717, 1.165) is 15.4 Å². The van der Waals surface area contributed by atoms with E-state index in [4.69, 9.17) is 4.99 Å². The quantitative estimate of drug-likeness (QED) is 0.845. The molecule has 4 nitrogen and oxygen atoms in total. The summed E-state index contributed by atoms with van der Waals surface area (Å²) in [7, 11) is 1.97. The van der Waals surface area contributed by atoms with Gasteiger partial charge in [-0.2, -0.15) is 5.10 Å². The summed E-state index contributed by atoms with van der Waals surface area (Å²) < 4.78 is 1.89. The Morgan fingerprint density at radius 3 is 2.89 bits per heavy atom. The maximum Gasteiger partial charge on any atom is 0.203 e. The Bertz CT molecular complexity index is 593. The topological polar surface area (TPSA) is 43.1 Å². The molecule has 0 aliphatic heterocycles. The van der Waals surface area contributed by atoms with Gasteiger partial charge in [0.2, 0.25) is 4.80 Å². The average molecular weight is 274 g/mol. The van der Waals surface area contributed by atoms with Crippen LogP contribution in [0.25, 0.3) is 10.6 Å². The van der Waals surface area contributed by atoms with E-state index in [9.17, 15) is 0 Å². The number of hydrogen-bond donors (Lipinski definition) is 0. The highest BCUT2D eigenvalue weighted by molar-refractivity contribution is 7.12. The zero-order chi connectivity index (χ0) is 13.1. The summed E-state index contributed by atoms with van der Waals surface area (Å²) in [6.07, 6.45) is 10.1. The summed E-state index contributed by atoms with van der Waals surface area (Å²) in [6, 6.07) is 4.47. The van der Waals surface area contributed by atoms with Gasteiger partial charge in [0, 0.05) is 25.0 Å². The molecule has 1 aliphatic rings. The molecule has 19 heavy (non-hydrogen) atoms. The molecule has 0 amide bonds. The minimum Gasteiger partial charge on any atom is -0.264 e. The second-order valence-electron chi connectivity index (χ2n) is 4.98. The Morgan fingerprint density at radius 2 is 2.16 bits per heavy atom. The van der Waals surface area contributed by atoms with Crippen molar-refractivity contribution in [2.45, 2.75) is 38.1 Å². The molecule has 1 saturated carbocycles. The summed E-state index contributed by atoms with van der Waals surface area (Å²) in [6.45, 7) is 0. The van der Waals surface area contributed by atoms with Crippen molar-refractivity contribution < 1.29 is 0 Å². The Balaban J connectivity index is 1.91. The third kappa shape index (κ3) is 2.92. The smallest absolute Gasteiger partial charge is 0.203 e. The average Bonchev–Trinajstić information content (AvgIpc) is 2.82. The van der Waals surface area contributed by atoms with Gasteiger partial charge in [-0.05, 0) is 25.0 Å². The molecule has 100 valence electrons. The second kappa shape index (κ2) is 5.65. The van der Waals surface area contributed by atoms with Crippen molar-refractivity contribution in [1.29, 1.82) is 0 Å². The number of rotatable bonds is 2.